The van der Waals surface area contributed by atoms with E-state index in [0.717, 1.165) is 23.1 Å². The Morgan fingerprint density at radius 3 is 2.19 bits per heavy atom. The number of amides is 1. The van der Waals surface area contributed by atoms with E-state index in [0.29, 0.717) is 17.7 Å². The SMILES string of the molecule is CCC(NC(=O)c1ccccc1N(Cc1ccccc1)S(C)(=O)=O)c1ccc(OC)cc1. The first kappa shape index (κ1) is 23.3. The Kier molecular flexibility index (Phi) is 7.53. The Hall–Kier alpha value is -3.32. The maximum atomic E-state index is 13.3. The van der Waals surface area contributed by atoms with E-state index in [-0.39, 0.29) is 18.5 Å². The molecule has 0 aromatic heterocycles. The monoisotopic (exact) mass is 452 g/mol. The maximum absolute atomic E-state index is 13.3. The molecule has 3 rings (SSSR count). The van der Waals surface area contributed by atoms with Crippen LogP contribution in [-0.2, 0) is 16.6 Å². The molecule has 0 heterocycles. The number of nitrogens with one attached hydrogen (secondary N) is 1. The van der Waals surface area contributed by atoms with Crippen molar-refractivity contribution in [2.45, 2.75) is 25.9 Å². The largest absolute Gasteiger partial charge is 0.497 e. The molecule has 0 fully saturated rings. The first-order valence-electron chi connectivity index (χ1n) is 10.4. The summed E-state index contributed by atoms with van der Waals surface area (Å²) in [5.41, 5.74) is 2.43. The van der Waals surface area contributed by atoms with Crippen molar-refractivity contribution in [1.82, 2.24) is 5.32 Å². The molecule has 1 unspecified atom stereocenters. The smallest absolute Gasteiger partial charge is 0.253 e. The highest BCUT2D eigenvalue weighted by molar-refractivity contribution is 7.92. The van der Waals surface area contributed by atoms with Gasteiger partial charge in [0.05, 0.1) is 37.2 Å². The Morgan fingerprint density at radius 1 is 0.969 bits per heavy atom. The highest BCUT2D eigenvalue weighted by atomic mass is 32.2. The molecule has 3 aromatic rings. The van der Waals surface area contributed by atoms with Gasteiger partial charge in [0.15, 0.2) is 0 Å². The molecule has 0 aliphatic carbocycles. The molecule has 0 spiro atoms. The number of anilines is 1. The van der Waals surface area contributed by atoms with Crippen molar-refractivity contribution in [1.29, 1.82) is 0 Å². The predicted molar refractivity (Wildman–Crippen MR) is 127 cm³/mol. The van der Waals surface area contributed by atoms with Crippen molar-refractivity contribution < 1.29 is 17.9 Å². The van der Waals surface area contributed by atoms with E-state index >= 15 is 0 Å². The summed E-state index contributed by atoms with van der Waals surface area (Å²) < 4.78 is 31.8. The normalized spacial score (nSPS) is 12.1. The van der Waals surface area contributed by atoms with Crippen LogP contribution in [-0.4, -0.2) is 27.7 Å². The lowest BCUT2D eigenvalue weighted by Gasteiger charge is -2.26. The molecule has 168 valence electrons. The lowest BCUT2D eigenvalue weighted by atomic mass is 10.0. The highest BCUT2D eigenvalue weighted by Gasteiger charge is 2.24. The minimum Gasteiger partial charge on any atom is -0.497 e. The Morgan fingerprint density at radius 2 is 1.59 bits per heavy atom. The van der Waals surface area contributed by atoms with Gasteiger partial charge in [-0.2, -0.15) is 0 Å². The number of carbonyl (C=O) groups excluding carboxylic acids is 1. The van der Waals surface area contributed by atoms with Crippen molar-refractivity contribution in [2.75, 3.05) is 17.7 Å². The fraction of sp³-hybridized carbons (Fsp3) is 0.240. The second kappa shape index (κ2) is 10.3. The van der Waals surface area contributed by atoms with Crippen LogP contribution in [0.15, 0.2) is 78.9 Å². The Balaban J connectivity index is 1.91. The van der Waals surface area contributed by atoms with Crippen LogP contribution in [0.5, 0.6) is 5.75 Å². The molecule has 6 nitrogen and oxygen atoms in total. The van der Waals surface area contributed by atoms with E-state index in [1.165, 1.54) is 4.31 Å². The van der Waals surface area contributed by atoms with Crippen molar-refractivity contribution in [3.8, 4) is 5.75 Å². The number of methoxy groups -OCH3 is 1. The van der Waals surface area contributed by atoms with Gasteiger partial charge in [-0.3, -0.25) is 9.10 Å². The van der Waals surface area contributed by atoms with Gasteiger partial charge < -0.3 is 10.1 Å². The highest BCUT2D eigenvalue weighted by Crippen LogP contribution is 2.27. The number of ether oxygens (including phenoxy) is 1. The quantitative estimate of drug-likeness (QED) is 0.517. The number of carbonyl (C=O) groups is 1. The zero-order chi connectivity index (χ0) is 23.1. The number of benzene rings is 3. The van der Waals surface area contributed by atoms with Crippen LogP contribution in [0.2, 0.25) is 0 Å². The maximum Gasteiger partial charge on any atom is 0.253 e. The number of para-hydroxylation sites is 1. The van der Waals surface area contributed by atoms with E-state index in [2.05, 4.69) is 5.32 Å². The lowest BCUT2D eigenvalue weighted by molar-refractivity contribution is 0.0936. The molecule has 1 N–H and O–H groups in total. The molecule has 0 aliphatic heterocycles. The van der Waals surface area contributed by atoms with Gasteiger partial charge in [0.1, 0.15) is 5.75 Å². The summed E-state index contributed by atoms with van der Waals surface area (Å²) in [5, 5.41) is 3.05. The van der Waals surface area contributed by atoms with Gasteiger partial charge in [-0.1, -0.05) is 61.5 Å². The second-order valence-electron chi connectivity index (χ2n) is 7.48. The molecule has 3 aromatic carbocycles. The average molecular weight is 453 g/mol. The summed E-state index contributed by atoms with van der Waals surface area (Å²) in [5.74, 6) is 0.412. The van der Waals surface area contributed by atoms with Crippen LogP contribution in [0.3, 0.4) is 0 Å². The van der Waals surface area contributed by atoms with Crippen molar-refractivity contribution in [3.63, 3.8) is 0 Å². The van der Waals surface area contributed by atoms with E-state index in [9.17, 15) is 13.2 Å². The van der Waals surface area contributed by atoms with Crippen LogP contribution in [0, 0.1) is 0 Å². The van der Waals surface area contributed by atoms with E-state index in [1.807, 2.05) is 61.5 Å². The van der Waals surface area contributed by atoms with Gasteiger partial charge in [-0.05, 0) is 41.8 Å². The van der Waals surface area contributed by atoms with Gasteiger partial charge in [-0.15, -0.1) is 0 Å². The molecule has 0 radical (unpaired) electrons. The third kappa shape index (κ3) is 5.68. The van der Waals surface area contributed by atoms with Gasteiger partial charge in [-0.25, -0.2) is 8.42 Å². The van der Waals surface area contributed by atoms with Gasteiger partial charge in [0.2, 0.25) is 10.0 Å². The number of sulfonamides is 1. The first-order chi connectivity index (χ1) is 15.3. The van der Waals surface area contributed by atoms with Crippen LogP contribution in [0.4, 0.5) is 5.69 Å². The Labute approximate surface area is 189 Å². The molecule has 0 bridgehead atoms. The Bertz CT molecular complexity index is 1150. The lowest BCUT2D eigenvalue weighted by Crippen LogP contribution is -2.33. The number of rotatable bonds is 9. The summed E-state index contributed by atoms with van der Waals surface area (Å²) in [6.45, 7) is 2.12. The summed E-state index contributed by atoms with van der Waals surface area (Å²) in [4.78, 5) is 13.3. The molecule has 0 saturated heterocycles. The first-order valence-corrected chi connectivity index (χ1v) is 12.2. The number of hydrogen-bond donors (Lipinski definition) is 1. The molecular formula is C25H28N2O4S. The topological polar surface area (TPSA) is 75.7 Å². The van der Waals surface area contributed by atoms with E-state index in [4.69, 9.17) is 4.74 Å². The van der Waals surface area contributed by atoms with Crippen molar-refractivity contribution in [2.24, 2.45) is 0 Å². The fourth-order valence-electron chi connectivity index (χ4n) is 3.51. The molecular weight excluding hydrogens is 424 g/mol. The van der Waals surface area contributed by atoms with Gasteiger partial charge >= 0.3 is 0 Å². The summed E-state index contributed by atoms with van der Waals surface area (Å²) in [7, 11) is -2.02. The molecule has 1 atom stereocenters. The minimum absolute atomic E-state index is 0.139. The van der Waals surface area contributed by atoms with E-state index in [1.54, 1.807) is 31.4 Å². The van der Waals surface area contributed by atoms with Crippen LogP contribution >= 0.6 is 0 Å². The summed E-state index contributed by atoms with van der Waals surface area (Å²) in [6.07, 6.45) is 1.83. The standard InChI is InChI=1S/C25H28N2O4S/c1-4-23(20-14-16-21(31-2)17-15-20)26-25(28)22-12-8-9-13-24(22)27(32(3,29)30)18-19-10-6-5-7-11-19/h5-17,23H,4,18H2,1-3H3,(H,26,28). The molecule has 0 saturated carbocycles. The van der Waals surface area contributed by atoms with Crippen LogP contribution in [0.25, 0.3) is 0 Å². The molecule has 1 amide bonds. The minimum atomic E-state index is -3.63. The van der Waals surface area contributed by atoms with Gasteiger partial charge in [0, 0.05) is 0 Å². The fourth-order valence-corrected chi connectivity index (χ4v) is 4.41. The molecule has 0 aliphatic rings. The van der Waals surface area contributed by atoms with E-state index < -0.39 is 10.0 Å². The number of nitrogens with zero attached hydrogens (tertiary/aromatic N) is 1. The summed E-state index contributed by atoms with van der Waals surface area (Å²) >= 11 is 0. The zero-order valence-corrected chi connectivity index (χ0v) is 19.3. The average Bonchev–Trinajstić information content (AvgIpc) is 2.81. The van der Waals surface area contributed by atoms with Gasteiger partial charge in [0.25, 0.3) is 5.91 Å². The third-order valence-electron chi connectivity index (χ3n) is 5.22. The predicted octanol–water partition coefficient (Wildman–Crippen LogP) is 4.54. The zero-order valence-electron chi connectivity index (χ0n) is 18.5. The second-order valence-corrected chi connectivity index (χ2v) is 9.39. The third-order valence-corrected chi connectivity index (χ3v) is 6.34. The van der Waals surface area contributed by atoms with Crippen LogP contribution < -0.4 is 14.4 Å². The molecule has 7 heteroatoms. The number of hydrogen-bond acceptors (Lipinski definition) is 4. The van der Waals surface area contributed by atoms with Crippen molar-refractivity contribution >= 4 is 21.6 Å². The molecule has 32 heavy (non-hydrogen) atoms. The van der Waals surface area contributed by atoms with Crippen LogP contribution in [0.1, 0.15) is 40.9 Å². The van der Waals surface area contributed by atoms with Crippen molar-refractivity contribution in [3.05, 3.63) is 95.6 Å². The summed E-state index contributed by atoms with van der Waals surface area (Å²) in [6, 6.07) is 23.4.